The second kappa shape index (κ2) is 11.0. The lowest BCUT2D eigenvalue weighted by atomic mass is 9.93. The van der Waals surface area contributed by atoms with Crippen LogP contribution in [0.25, 0.3) is 6.08 Å². The molecule has 168 valence electrons. The monoisotopic (exact) mass is 424 g/mol. The molecule has 0 unspecified atom stereocenters. The molecule has 2 rings (SSSR count). The summed E-state index contributed by atoms with van der Waals surface area (Å²) in [5, 5.41) is 19.1. The molecule has 0 spiro atoms. The molecule has 0 bridgehead atoms. The highest BCUT2D eigenvalue weighted by molar-refractivity contribution is 5.86. The molecule has 1 aliphatic heterocycles. The van der Waals surface area contributed by atoms with Crippen molar-refractivity contribution >= 4 is 12.0 Å². The Morgan fingerprint density at radius 2 is 1.77 bits per heavy atom. The van der Waals surface area contributed by atoms with Crippen molar-refractivity contribution in [3.63, 3.8) is 0 Å². The number of aromatic hydroxyl groups is 1. The van der Waals surface area contributed by atoms with E-state index < -0.39 is 5.97 Å². The first-order chi connectivity index (χ1) is 14.6. The van der Waals surface area contributed by atoms with E-state index in [2.05, 4.69) is 32.1 Å². The maximum Gasteiger partial charge on any atom is 0.331 e. The van der Waals surface area contributed by atoms with Crippen LogP contribution in [-0.4, -0.2) is 21.8 Å². The van der Waals surface area contributed by atoms with Crippen molar-refractivity contribution in [2.75, 3.05) is 0 Å². The van der Waals surface area contributed by atoms with Gasteiger partial charge in [0.15, 0.2) is 0 Å². The first-order valence-electron chi connectivity index (χ1n) is 11.0. The van der Waals surface area contributed by atoms with E-state index in [4.69, 9.17) is 4.74 Å². The van der Waals surface area contributed by atoms with E-state index >= 15 is 0 Å². The summed E-state index contributed by atoms with van der Waals surface area (Å²) in [6.45, 7) is 10.2. The maximum atomic E-state index is 11.4. The van der Waals surface area contributed by atoms with Gasteiger partial charge in [-0.1, -0.05) is 35.5 Å². The Labute approximate surface area is 186 Å². The normalized spacial score (nSPS) is 18.4. The number of carboxylic acid groups (broad SMARTS) is 1. The Bertz CT molecular complexity index is 913. The molecule has 1 aromatic rings. The number of hydrogen-bond acceptors (Lipinski definition) is 3. The van der Waals surface area contributed by atoms with Gasteiger partial charge >= 0.3 is 5.97 Å². The van der Waals surface area contributed by atoms with Gasteiger partial charge < -0.3 is 14.9 Å². The molecule has 2 N–H and O–H groups in total. The fourth-order valence-electron chi connectivity index (χ4n) is 3.71. The van der Waals surface area contributed by atoms with Crippen molar-refractivity contribution in [1.82, 2.24) is 0 Å². The highest BCUT2D eigenvalue weighted by Gasteiger charge is 2.27. The van der Waals surface area contributed by atoms with E-state index in [0.717, 1.165) is 49.0 Å². The lowest BCUT2D eigenvalue weighted by Crippen LogP contribution is -2.32. The number of allylic oxidation sites excluding steroid dienone is 5. The standard InChI is InChI=1S/C27H36O4/c1-19(2)9-6-12-22(26(29)30)13-7-10-20(3)11-8-15-27(5)16-14-23-18-24(28)17-21(4)25(23)31-27/h9,11,13-14,16-18,28H,6-8,10,12,15H2,1-5H3,(H,29,30)/b20-11?,22-13-/t27-/m1/s1. The largest absolute Gasteiger partial charge is 0.508 e. The Balaban J connectivity index is 1.87. The highest BCUT2D eigenvalue weighted by Crippen LogP contribution is 2.38. The van der Waals surface area contributed by atoms with Gasteiger partial charge in [0.1, 0.15) is 17.1 Å². The number of fused-ring (bicyclic) bond motifs is 1. The Kier molecular flexibility index (Phi) is 8.73. The Hall–Kier alpha value is -2.75. The summed E-state index contributed by atoms with van der Waals surface area (Å²) in [5.74, 6) is 0.272. The van der Waals surface area contributed by atoms with Crippen molar-refractivity contribution in [2.45, 2.75) is 78.7 Å². The number of aryl methyl sites for hydroxylation is 1. The lowest BCUT2D eigenvalue weighted by molar-refractivity contribution is -0.132. The van der Waals surface area contributed by atoms with Crippen LogP contribution in [0.2, 0.25) is 0 Å². The first kappa shape index (κ1) is 24.5. The molecule has 0 aliphatic carbocycles. The summed E-state index contributed by atoms with van der Waals surface area (Å²) in [6.07, 6.45) is 14.9. The number of ether oxygens (including phenoxy) is 1. The zero-order chi connectivity index (χ0) is 23.0. The lowest BCUT2D eigenvalue weighted by Gasteiger charge is -2.32. The van der Waals surface area contributed by atoms with Crippen LogP contribution >= 0.6 is 0 Å². The second-order valence-electron chi connectivity index (χ2n) is 8.91. The predicted molar refractivity (Wildman–Crippen MR) is 128 cm³/mol. The average Bonchev–Trinajstić information content (AvgIpc) is 2.67. The Morgan fingerprint density at radius 3 is 2.45 bits per heavy atom. The molecule has 31 heavy (non-hydrogen) atoms. The third-order valence-corrected chi connectivity index (χ3v) is 5.54. The molecular weight excluding hydrogens is 388 g/mol. The van der Waals surface area contributed by atoms with Gasteiger partial charge in [-0.2, -0.15) is 0 Å². The molecule has 4 nitrogen and oxygen atoms in total. The van der Waals surface area contributed by atoms with Gasteiger partial charge in [-0.05, 0) is 96.9 Å². The quantitative estimate of drug-likeness (QED) is 0.310. The molecule has 0 aromatic heterocycles. The zero-order valence-electron chi connectivity index (χ0n) is 19.5. The zero-order valence-corrected chi connectivity index (χ0v) is 19.5. The predicted octanol–water partition coefficient (Wildman–Crippen LogP) is 7.13. The van der Waals surface area contributed by atoms with Crippen LogP contribution in [0.5, 0.6) is 11.5 Å². The summed E-state index contributed by atoms with van der Waals surface area (Å²) >= 11 is 0. The number of phenols is 1. The number of rotatable bonds is 10. The van der Waals surface area contributed by atoms with E-state index in [-0.39, 0.29) is 11.4 Å². The summed E-state index contributed by atoms with van der Waals surface area (Å²) in [6, 6.07) is 3.45. The van der Waals surface area contributed by atoms with E-state index in [1.165, 1.54) is 11.1 Å². The van der Waals surface area contributed by atoms with E-state index in [9.17, 15) is 15.0 Å². The number of carboxylic acids is 1. The van der Waals surface area contributed by atoms with Crippen molar-refractivity contribution in [3.05, 3.63) is 64.3 Å². The van der Waals surface area contributed by atoms with Gasteiger partial charge in [-0.15, -0.1) is 0 Å². The number of benzene rings is 1. The summed E-state index contributed by atoms with van der Waals surface area (Å²) in [5.41, 5.74) is 4.43. The molecule has 0 saturated heterocycles. The van der Waals surface area contributed by atoms with E-state index in [1.54, 1.807) is 12.1 Å². The van der Waals surface area contributed by atoms with Crippen molar-refractivity contribution in [1.29, 1.82) is 0 Å². The number of phenolic OH excluding ortho intramolecular Hbond substituents is 1. The third kappa shape index (κ3) is 7.78. The number of hydrogen-bond donors (Lipinski definition) is 2. The molecule has 1 heterocycles. The van der Waals surface area contributed by atoms with Crippen LogP contribution in [0.1, 0.15) is 77.3 Å². The molecule has 0 amide bonds. The van der Waals surface area contributed by atoms with Crippen molar-refractivity contribution < 1.29 is 19.7 Å². The van der Waals surface area contributed by atoms with Gasteiger partial charge in [0.05, 0.1) is 0 Å². The molecular formula is C27H36O4. The summed E-state index contributed by atoms with van der Waals surface area (Å²) in [7, 11) is 0. The van der Waals surface area contributed by atoms with Crippen LogP contribution in [0.15, 0.2) is 53.2 Å². The minimum absolute atomic E-state index is 0.253. The van der Waals surface area contributed by atoms with E-state index in [0.29, 0.717) is 12.0 Å². The van der Waals surface area contributed by atoms with Crippen LogP contribution in [0.3, 0.4) is 0 Å². The van der Waals surface area contributed by atoms with Crippen LogP contribution in [-0.2, 0) is 4.79 Å². The minimum Gasteiger partial charge on any atom is -0.508 e. The average molecular weight is 425 g/mol. The van der Waals surface area contributed by atoms with Crippen LogP contribution in [0, 0.1) is 6.92 Å². The fraction of sp³-hybridized carbons (Fsp3) is 0.444. The summed E-state index contributed by atoms with van der Waals surface area (Å²) < 4.78 is 6.27. The summed E-state index contributed by atoms with van der Waals surface area (Å²) in [4.78, 5) is 11.4. The Morgan fingerprint density at radius 1 is 1.06 bits per heavy atom. The maximum absolute atomic E-state index is 11.4. The molecule has 0 radical (unpaired) electrons. The van der Waals surface area contributed by atoms with Gasteiger partial charge in [-0.25, -0.2) is 4.79 Å². The van der Waals surface area contributed by atoms with Crippen LogP contribution < -0.4 is 4.74 Å². The van der Waals surface area contributed by atoms with Gasteiger partial charge in [0.2, 0.25) is 0 Å². The van der Waals surface area contributed by atoms with Crippen LogP contribution in [0.4, 0.5) is 0 Å². The SMILES string of the molecule is CC(C)=CCC/C(=C/CCC(C)=CCC[C@]1(C)C=Cc2cc(O)cc(C)c2O1)C(=O)O. The first-order valence-corrected chi connectivity index (χ1v) is 11.0. The molecule has 0 saturated carbocycles. The van der Waals surface area contributed by atoms with Gasteiger partial charge in [0.25, 0.3) is 0 Å². The molecule has 1 atom stereocenters. The molecule has 0 fully saturated rings. The van der Waals surface area contributed by atoms with Crippen molar-refractivity contribution in [2.24, 2.45) is 0 Å². The smallest absolute Gasteiger partial charge is 0.331 e. The van der Waals surface area contributed by atoms with E-state index in [1.807, 2.05) is 32.9 Å². The number of carbonyl (C=O) groups is 1. The van der Waals surface area contributed by atoms with Gasteiger partial charge in [0, 0.05) is 11.1 Å². The second-order valence-corrected chi connectivity index (χ2v) is 8.91. The number of aliphatic carboxylic acids is 1. The van der Waals surface area contributed by atoms with Gasteiger partial charge in [-0.3, -0.25) is 0 Å². The molecule has 1 aromatic carbocycles. The topological polar surface area (TPSA) is 66.8 Å². The molecule has 1 aliphatic rings. The third-order valence-electron chi connectivity index (χ3n) is 5.54. The highest BCUT2D eigenvalue weighted by atomic mass is 16.5. The molecule has 4 heteroatoms. The minimum atomic E-state index is -0.818. The van der Waals surface area contributed by atoms with Crippen molar-refractivity contribution in [3.8, 4) is 11.5 Å². The fourth-order valence-corrected chi connectivity index (χ4v) is 3.71.